The molecule has 1 aliphatic rings. The number of halogens is 1. The minimum absolute atomic E-state index is 0.250. The average Bonchev–Trinajstić information content (AvgIpc) is 3.01. The topological polar surface area (TPSA) is 76.1 Å². The number of benzene rings is 3. The van der Waals surface area contributed by atoms with Gasteiger partial charge in [0.15, 0.2) is 11.4 Å². The van der Waals surface area contributed by atoms with E-state index < -0.39 is 23.7 Å². The Morgan fingerprint density at radius 3 is 2.52 bits per heavy atom. The normalized spacial score (nSPS) is 17.1. The molecular formula is C26H24ClNO5. The second-order valence-corrected chi connectivity index (χ2v) is 8.44. The maximum atomic E-state index is 13.6. The van der Waals surface area contributed by atoms with Gasteiger partial charge in [0.05, 0.1) is 38.4 Å². The van der Waals surface area contributed by atoms with Gasteiger partial charge in [0.25, 0.3) is 5.91 Å². The van der Waals surface area contributed by atoms with E-state index in [4.69, 9.17) is 21.1 Å². The lowest BCUT2D eigenvalue weighted by Crippen LogP contribution is -2.41. The van der Waals surface area contributed by atoms with E-state index in [0.29, 0.717) is 27.8 Å². The number of hydrogen-bond acceptors (Lipinski definition) is 5. The number of carbonyl (C=O) groups is 2. The summed E-state index contributed by atoms with van der Waals surface area (Å²) in [5.74, 6) is -0.171. The van der Waals surface area contributed by atoms with Gasteiger partial charge in [-0.05, 0) is 48.4 Å². The molecule has 6 nitrogen and oxygen atoms in total. The van der Waals surface area contributed by atoms with Crippen molar-refractivity contribution in [2.75, 3.05) is 19.1 Å². The molecule has 1 aliphatic heterocycles. The van der Waals surface area contributed by atoms with E-state index >= 15 is 0 Å². The Balaban J connectivity index is 1.72. The summed E-state index contributed by atoms with van der Waals surface area (Å²) in [4.78, 5) is 28.3. The fourth-order valence-electron chi connectivity index (χ4n) is 4.16. The Bertz CT molecular complexity index is 1240. The molecule has 4 rings (SSSR count). The molecule has 1 heterocycles. The van der Waals surface area contributed by atoms with Gasteiger partial charge in [-0.15, -0.1) is 0 Å². The lowest BCUT2D eigenvalue weighted by atomic mass is 9.88. The predicted molar refractivity (Wildman–Crippen MR) is 126 cm³/mol. The van der Waals surface area contributed by atoms with Crippen LogP contribution in [-0.4, -0.2) is 31.0 Å². The number of aliphatic hydroxyl groups is 1. The van der Waals surface area contributed by atoms with Crippen molar-refractivity contribution in [1.29, 1.82) is 0 Å². The van der Waals surface area contributed by atoms with E-state index in [2.05, 4.69) is 0 Å². The maximum absolute atomic E-state index is 13.6. The molecule has 1 unspecified atom stereocenters. The van der Waals surface area contributed by atoms with Crippen molar-refractivity contribution in [3.05, 3.63) is 87.9 Å². The van der Waals surface area contributed by atoms with Gasteiger partial charge < -0.3 is 19.5 Å². The SMILES string of the molecule is COc1ccc(C(=O)CC2(O)C(=O)N(Cc3ccccc3C)c3ccc(Cl)cc32)c(OC)c1. The molecule has 0 aliphatic carbocycles. The van der Waals surface area contributed by atoms with E-state index in [1.165, 1.54) is 19.1 Å². The van der Waals surface area contributed by atoms with E-state index in [0.717, 1.165) is 11.1 Å². The van der Waals surface area contributed by atoms with Crippen molar-refractivity contribution in [1.82, 2.24) is 0 Å². The highest BCUT2D eigenvalue weighted by molar-refractivity contribution is 6.31. The van der Waals surface area contributed by atoms with Gasteiger partial charge in [-0.25, -0.2) is 0 Å². The lowest BCUT2D eigenvalue weighted by Gasteiger charge is -2.23. The summed E-state index contributed by atoms with van der Waals surface area (Å²) in [6.07, 6.45) is -0.452. The van der Waals surface area contributed by atoms with Crippen molar-refractivity contribution in [3.8, 4) is 11.5 Å². The number of ketones is 1. The third-order valence-electron chi connectivity index (χ3n) is 6.01. The van der Waals surface area contributed by atoms with Crippen molar-refractivity contribution in [3.63, 3.8) is 0 Å². The molecule has 0 radical (unpaired) electrons. The molecule has 1 N–H and O–H groups in total. The quantitative estimate of drug-likeness (QED) is 0.513. The molecule has 1 atom stereocenters. The minimum Gasteiger partial charge on any atom is -0.497 e. The summed E-state index contributed by atoms with van der Waals surface area (Å²) < 4.78 is 10.5. The van der Waals surface area contributed by atoms with Crippen molar-refractivity contribution < 1.29 is 24.2 Å². The molecule has 170 valence electrons. The zero-order chi connectivity index (χ0) is 23.8. The molecule has 7 heteroatoms. The van der Waals surface area contributed by atoms with Crippen LogP contribution in [0.2, 0.25) is 5.02 Å². The summed E-state index contributed by atoms with van der Waals surface area (Å²) >= 11 is 6.21. The largest absolute Gasteiger partial charge is 0.497 e. The number of rotatable bonds is 7. The maximum Gasteiger partial charge on any atom is 0.264 e. The molecule has 0 saturated heterocycles. The zero-order valence-corrected chi connectivity index (χ0v) is 19.3. The third kappa shape index (κ3) is 4.08. The fourth-order valence-corrected chi connectivity index (χ4v) is 4.34. The molecule has 0 saturated carbocycles. The first-order chi connectivity index (χ1) is 15.8. The van der Waals surface area contributed by atoms with Crippen LogP contribution in [0.5, 0.6) is 11.5 Å². The number of nitrogens with zero attached hydrogens (tertiary/aromatic N) is 1. The van der Waals surface area contributed by atoms with Crippen molar-refractivity contribution in [2.24, 2.45) is 0 Å². The smallest absolute Gasteiger partial charge is 0.264 e. The zero-order valence-electron chi connectivity index (χ0n) is 18.6. The second kappa shape index (κ2) is 8.89. The van der Waals surface area contributed by atoms with Crippen LogP contribution < -0.4 is 14.4 Å². The van der Waals surface area contributed by atoms with Gasteiger partial charge in [0.2, 0.25) is 0 Å². The number of aryl methyl sites for hydroxylation is 1. The standard InChI is InChI=1S/C26H24ClNO5/c1-16-6-4-5-7-17(16)15-28-22-11-8-18(27)12-21(22)26(31,25(28)30)14-23(29)20-10-9-19(32-2)13-24(20)33-3/h4-13,31H,14-15H2,1-3H3. The summed E-state index contributed by atoms with van der Waals surface area (Å²) in [6.45, 7) is 2.23. The molecule has 0 spiro atoms. The Morgan fingerprint density at radius 1 is 1.06 bits per heavy atom. The number of methoxy groups -OCH3 is 2. The number of anilines is 1. The highest BCUT2D eigenvalue weighted by Crippen LogP contribution is 2.45. The molecule has 3 aromatic carbocycles. The molecule has 33 heavy (non-hydrogen) atoms. The van der Waals surface area contributed by atoms with Gasteiger partial charge >= 0.3 is 0 Å². The van der Waals surface area contributed by atoms with Crippen LogP contribution in [0.25, 0.3) is 0 Å². The number of carbonyl (C=O) groups excluding carboxylic acids is 2. The van der Waals surface area contributed by atoms with Gasteiger partial charge in [-0.2, -0.15) is 0 Å². The van der Waals surface area contributed by atoms with Gasteiger partial charge in [-0.3, -0.25) is 9.59 Å². The lowest BCUT2D eigenvalue weighted by molar-refractivity contribution is -0.136. The highest BCUT2D eigenvalue weighted by Gasteiger charge is 2.51. The number of amides is 1. The van der Waals surface area contributed by atoms with Crippen molar-refractivity contribution in [2.45, 2.75) is 25.5 Å². The predicted octanol–water partition coefficient (Wildman–Crippen LogP) is 4.67. The number of Topliss-reactive ketones (excluding diaryl/α,β-unsaturated/α-hetero) is 1. The minimum atomic E-state index is -2.05. The Labute approximate surface area is 197 Å². The first kappa shape index (κ1) is 22.8. The molecule has 1 amide bonds. The molecule has 0 fully saturated rings. The monoisotopic (exact) mass is 465 g/mol. The Kier molecular flexibility index (Phi) is 6.15. The molecule has 3 aromatic rings. The molecule has 0 bridgehead atoms. The van der Waals surface area contributed by atoms with Crippen LogP contribution in [0.3, 0.4) is 0 Å². The Morgan fingerprint density at radius 2 is 1.82 bits per heavy atom. The van der Waals surface area contributed by atoms with E-state index in [1.54, 1.807) is 36.4 Å². The van der Waals surface area contributed by atoms with Crippen LogP contribution in [0, 0.1) is 6.92 Å². The number of hydrogen-bond donors (Lipinski definition) is 1. The fraction of sp³-hybridized carbons (Fsp3) is 0.231. The number of fused-ring (bicyclic) bond motifs is 1. The van der Waals surface area contributed by atoms with Crippen molar-refractivity contribution >= 4 is 29.0 Å². The van der Waals surface area contributed by atoms with E-state index in [1.807, 2.05) is 31.2 Å². The van der Waals surface area contributed by atoms with E-state index in [9.17, 15) is 14.7 Å². The van der Waals surface area contributed by atoms with Crippen LogP contribution in [-0.2, 0) is 16.9 Å². The summed E-state index contributed by atoms with van der Waals surface area (Å²) in [7, 11) is 2.96. The second-order valence-electron chi connectivity index (χ2n) is 8.01. The van der Waals surface area contributed by atoms with Crippen LogP contribution in [0.15, 0.2) is 60.7 Å². The molecule has 0 aromatic heterocycles. The first-order valence-corrected chi connectivity index (χ1v) is 10.8. The van der Waals surface area contributed by atoms with Gasteiger partial charge in [0, 0.05) is 16.7 Å². The van der Waals surface area contributed by atoms with E-state index in [-0.39, 0.29) is 12.1 Å². The highest BCUT2D eigenvalue weighted by atomic mass is 35.5. The molecular weight excluding hydrogens is 442 g/mol. The van der Waals surface area contributed by atoms with Crippen LogP contribution in [0.4, 0.5) is 5.69 Å². The third-order valence-corrected chi connectivity index (χ3v) is 6.24. The summed E-state index contributed by atoms with van der Waals surface area (Å²) in [5, 5.41) is 12.0. The van der Waals surface area contributed by atoms with Gasteiger partial charge in [-0.1, -0.05) is 35.9 Å². The summed E-state index contributed by atoms with van der Waals surface area (Å²) in [5.41, 5.74) is 1.01. The van der Waals surface area contributed by atoms with Gasteiger partial charge in [0.1, 0.15) is 11.5 Å². The van der Waals surface area contributed by atoms with Crippen LogP contribution >= 0.6 is 11.6 Å². The Hall–Kier alpha value is -3.35. The summed E-state index contributed by atoms with van der Waals surface area (Å²) in [6, 6.07) is 17.4. The number of ether oxygens (including phenoxy) is 2. The van der Waals surface area contributed by atoms with Crippen LogP contribution in [0.1, 0.15) is 33.5 Å². The average molecular weight is 466 g/mol. The first-order valence-electron chi connectivity index (χ1n) is 10.4.